The highest BCUT2D eigenvalue weighted by Gasteiger charge is 2.12. The van der Waals surface area contributed by atoms with Crippen LogP contribution in [0.5, 0.6) is 0 Å². The normalized spacial score (nSPS) is 10.3. The van der Waals surface area contributed by atoms with E-state index in [0.717, 1.165) is 4.90 Å². The van der Waals surface area contributed by atoms with Gasteiger partial charge in [0.25, 0.3) is 0 Å². The third-order valence-corrected chi connectivity index (χ3v) is 3.08. The first kappa shape index (κ1) is 12.4. The maximum absolute atomic E-state index is 10.9. The number of aromatic carboxylic acids is 1. The zero-order chi connectivity index (χ0) is 13.1. The first-order chi connectivity index (χ1) is 8.61. The van der Waals surface area contributed by atoms with E-state index in [1.54, 1.807) is 30.1 Å². The van der Waals surface area contributed by atoms with Gasteiger partial charge in [-0.3, -0.25) is 4.98 Å². The Morgan fingerprint density at radius 1 is 1.28 bits per heavy atom. The van der Waals surface area contributed by atoms with Gasteiger partial charge in [-0.1, -0.05) is 0 Å². The quantitative estimate of drug-likeness (QED) is 0.823. The van der Waals surface area contributed by atoms with E-state index in [2.05, 4.69) is 9.97 Å². The lowest BCUT2D eigenvalue weighted by Gasteiger charge is -2.04. The van der Waals surface area contributed by atoms with Gasteiger partial charge in [0.15, 0.2) is 5.69 Å². The summed E-state index contributed by atoms with van der Waals surface area (Å²) < 4.78 is 0. The van der Waals surface area contributed by atoms with Crippen LogP contribution >= 0.6 is 11.8 Å². The molecule has 0 saturated carbocycles. The van der Waals surface area contributed by atoms with E-state index in [4.69, 9.17) is 10.8 Å². The molecule has 0 spiro atoms. The molecule has 18 heavy (non-hydrogen) atoms. The third kappa shape index (κ3) is 2.43. The lowest BCUT2D eigenvalue weighted by Crippen LogP contribution is -2.06. The summed E-state index contributed by atoms with van der Waals surface area (Å²) in [5.41, 5.74) is 6.66. The van der Waals surface area contributed by atoms with Crippen molar-refractivity contribution in [3.63, 3.8) is 0 Å². The lowest BCUT2D eigenvalue weighted by molar-refractivity contribution is 0.0692. The highest BCUT2D eigenvalue weighted by Crippen LogP contribution is 2.21. The molecule has 2 aromatic rings. The number of hydrogen-bond donors (Lipinski definition) is 2. The van der Waals surface area contributed by atoms with Crippen LogP contribution in [0.2, 0.25) is 0 Å². The van der Waals surface area contributed by atoms with Crippen LogP contribution in [0.25, 0.3) is 11.4 Å². The Morgan fingerprint density at radius 3 is 2.56 bits per heavy atom. The predicted octanol–water partition coefficient (Wildman–Crippen LogP) is 2.15. The smallest absolute Gasteiger partial charge is 0.356 e. The number of thioether (sulfide) groups is 1. The van der Waals surface area contributed by atoms with Crippen molar-refractivity contribution in [1.82, 2.24) is 9.97 Å². The number of pyridine rings is 2. The van der Waals surface area contributed by atoms with E-state index in [1.165, 1.54) is 6.07 Å². The number of carboxylic acids is 1. The number of nitrogens with two attached hydrogens (primary N) is 1. The first-order valence-electron chi connectivity index (χ1n) is 5.12. The van der Waals surface area contributed by atoms with Crippen LogP contribution in [-0.2, 0) is 0 Å². The number of hydrogen-bond acceptors (Lipinski definition) is 5. The van der Waals surface area contributed by atoms with Gasteiger partial charge in [-0.15, -0.1) is 11.8 Å². The minimum Gasteiger partial charge on any atom is -0.476 e. The van der Waals surface area contributed by atoms with E-state index in [0.29, 0.717) is 11.4 Å². The van der Waals surface area contributed by atoms with Crippen molar-refractivity contribution in [2.45, 2.75) is 4.90 Å². The molecule has 0 bridgehead atoms. The maximum Gasteiger partial charge on any atom is 0.356 e. The Morgan fingerprint density at radius 2 is 2.00 bits per heavy atom. The van der Waals surface area contributed by atoms with Crippen LogP contribution in [0, 0.1) is 0 Å². The van der Waals surface area contributed by atoms with E-state index in [9.17, 15) is 4.79 Å². The molecule has 0 aliphatic carbocycles. The van der Waals surface area contributed by atoms with Crippen molar-refractivity contribution in [2.75, 3.05) is 12.0 Å². The number of nitrogens with zero attached hydrogens (tertiary/aromatic N) is 2. The summed E-state index contributed by atoms with van der Waals surface area (Å²) >= 11 is 1.59. The van der Waals surface area contributed by atoms with Crippen molar-refractivity contribution in [1.29, 1.82) is 0 Å². The van der Waals surface area contributed by atoms with Crippen LogP contribution in [0.1, 0.15) is 10.5 Å². The van der Waals surface area contributed by atoms with Crippen molar-refractivity contribution in [3.8, 4) is 11.4 Å². The van der Waals surface area contributed by atoms with Crippen molar-refractivity contribution in [3.05, 3.63) is 36.2 Å². The van der Waals surface area contributed by atoms with Gasteiger partial charge in [0.05, 0.1) is 17.1 Å². The molecule has 3 N–H and O–H groups in total. The standard InChI is InChI=1S/C12H11N3O2S/c1-18-7-2-4-9(14-6-7)10-5-3-8(13)11(15-10)12(16)17/h2-6H,13H2,1H3,(H,16,17). The lowest BCUT2D eigenvalue weighted by atomic mass is 10.2. The average Bonchev–Trinajstić information content (AvgIpc) is 2.39. The zero-order valence-electron chi connectivity index (χ0n) is 9.62. The molecule has 5 nitrogen and oxygen atoms in total. The minimum absolute atomic E-state index is 0.145. The molecule has 0 aliphatic heterocycles. The van der Waals surface area contributed by atoms with Gasteiger partial charge < -0.3 is 10.8 Å². The molecule has 0 fully saturated rings. The summed E-state index contributed by atoms with van der Waals surface area (Å²) in [5, 5.41) is 8.95. The highest BCUT2D eigenvalue weighted by molar-refractivity contribution is 7.98. The first-order valence-corrected chi connectivity index (χ1v) is 6.34. The summed E-state index contributed by atoms with van der Waals surface area (Å²) in [6, 6.07) is 6.89. The van der Waals surface area contributed by atoms with E-state index < -0.39 is 5.97 Å². The van der Waals surface area contributed by atoms with E-state index in [-0.39, 0.29) is 11.4 Å². The van der Waals surface area contributed by atoms with Gasteiger partial charge in [-0.2, -0.15) is 0 Å². The Labute approximate surface area is 108 Å². The molecule has 0 amide bonds. The fourth-order valence-corrected chi connectivity index (χ4v) is 1.80. The summed E-state index contributed by atoms with van der Waals surface area (Å²) in [4.78, 5) is 20.2. The second kappa shape index (κ2) is 5.05. The second-order valence-electron chi connectivity index (χ2n) is 3.52. The fraction of sp³-hybridized carbons (Fsp3) is 0.0833. The van der Waals surface area contributed by atoms with E-state index >= 15 is 0 Å². The molecule has 6 heteroatoms. The molecular formula is C12H11N3O2S. The number of rotatable bonds is 3. The average molecular weight is 261 g/mol. The molecule has 0 aromatic carbocycles. The number of carboxylic acid groups (broad SMARTS) is 1. The van der Waals surface area contributed by atoms with Gasteiger partial charge in [0, 0.05) is 11.1 Å². The van der Waals surface area contributed by atoms with Crippen LogP contribution in [-0.4, -0.2) is 27.3 Å². The molecule has 0 aliphatic rings. The molecule has 92 valence electrons. The largest absolute Gasteiger partial charge is 0.476 e. The zero-order valence-corrected chi connectivity index (χ0v) is 10.4. The van der Waals surface area contributed by atoms with Crippen molar-refractivity contribution >= 4 is 23.4 Å². The number of carbonyl (C=O) groups is 1. The maximum atomic E-state index is 10.9. The van der Waals surface area contributed by atoms with Crippen LogP contribution in [0.4, 0.5) is 5.69 Å². The Kier molecular flexibility index (Phi) is 3.47. The van der Waals surface area contributed by atoms with Crippen LogP contribution < -0.4 is 5.73 Å². The second-order valence-corrected chi connectivity index (χ2v) is 4.40. The summed E-state index contributed by atoms with van der Waals surface area (Å²) in [6.07, 6.45) is 3.68. The van der Waals surface area contributed by atoms with Gasteiger partial charge >= 0.3 is 5.97 Å². The van der Waals surface area contributed by atoms with Gasteiger partial charge in [0.1, 0.15) is 0 Å². The van der Waals surface area contributed by atoms with Gasteiger partial charge in [-0.05, 0) is 30.5 Å². The van der Waals surface area contributed by atoms with Crippen molar-refractivity contribution < 1.29 is 9.90 Å². The van der Waals surface area contributed by atoms with Gasteiger partial charge in [-0.25, -0.2) is 9.78 Å². The predicted molar refractivity (Wildman–Crippen MR) is 70.6 cm³/mol. The Hall–Kier alpha value is -2.08. The molecule has 0 radical (unpaired) electrons. The van der Waals surface area contributed by atoms with Crippen molar-refractivity contribution in [2.24, 2.45) is 0 Å². The third-order valence-electron chi connectivity index (χ3n) is 2.36. The number of aromatic nitrogens is 2. The molecular weight excluding hydrogens is 250 g/mol. The van der Waals surface area contributed by atoms with Crippen LogP contribution in [0.15, 0.2) is 35.4 Å². The fourth-order valence-electron chi connectivity index (χ4n) is 1.44. The highest BCUT2D eigenvalue weighted by atomic mass is 32.2. The molecule has 0 saturated heterocycles. The topological polar surface area (TPSA) is 89.1 Å². The summed E-state index contributed by atoms with van der Waals surface area (Å²) in [5.74, 6) is -1.14. The molecule has 0 unspecified atom stereocenters. The van der Waals surface area contributed by atoms with Crippen LogP contribution in [0.3, 0.4) is 0 Å². The molecule has 2 heterocycles. The summed E-state index contributed by atoms with van der Waals surface area (Å²) in [7, 11) is 0. The molecule has 2 rings (SSSR count). The summed E-state index contributed by atoms with van der Waals surface area (Å²) in [6.45, 7) is 0. The van der Waals surface area contributed by atoms with Gasteiger partial charge in [0.2, 0.25) is 0 Å². The number of nitrogen functional groups attached to an aromatic ring is 1. The monoisotopic (exact) mass is 261 g/mol. The SMILES string of the molecule is CSc1ccc(-c2ccc(N)c(C(=O)O)n2)nc1. The van der Waals surface area contributed by atoms with E-state index in [1.807, 2.05) is 12.3 Å². The minimum atomic E-state index is -1.14. The molecule has 0 atom stereocenters. The molecule has 2 aromatic heterocycles. The Balaban J connectivity index is 2.44. The number of anilines is 1. The Bertz CT molecular complexity index is 584.